The van der Waals surface area contributed by atoms with E-state index in [2.05, 4.69) is 15.0 Å². The number of rotatable bonds is 1. The zero-order valence-corrected chi connectivity index (χ0v) is 8.27. The van der Waals surface area contributed by atoms with Crippen LogP contribution in [0.5, 0.6) is 0 Å². The maximum Gasteiger partial charge on any atom is 0.250 e. The monoisotopic (exact) mass is 212 g/mol. The summed E-state index contributed by atoms with van der Waals surface area (Å²) in [6.45, 7) is 0. The smallest absolute Gasteiger partial charge is 0.250 e. The Balaban J connectivity index is 2.58. The first-order valence-electron chi connectivity index (χ1n) is 4.78. The van der Waals surface area contributed by atoms with E-state index in [0.717, 1.165) is 10.9 Å². The first-order chi connectivity index (χ1) is 7.77. The van der Waals surface area contributed by atoms with E-state index in [4.69, 9.17) is 5.73 Å². The Hall–Kier alpha value is -2.43. The number of H-pyrrole nitrogens is 1. The van der Waals surface area contributed by atoms with Crippen molar-refractivity contribution in [3.63, 3.8) is 0 Å². The van der Waals surface area contributed by atoms with Gasteiger partial charge in [0.25, 0.3) is 5.91 Å². The summed E-state index contributed by atoms with van der Waals surface area (Å²) < 4.78 is 0. The van der Waals surface area contributed by atoms with Crippen LogP contribution in [0.25, 0.3) is 21.9 Å². The Labute approximate surface area is 90.3 Å². The zero-order valence-electron chi connectivity index (χ0n) is 8.27. The maximum atomic E-state index is 11.3. The summed E-state index contributed by atoms with van der Waals surface area (Å²) in [5, 5.41) is 0.893. The van der Waals surface area contributed by atoms with Gasteiger partial charge in [0.15, 0.2) is 0 Å². The van der Waals surface area contributed by atoms with Crippen molar-refractivity contribution in [1.82, 2.24) is 15.0 Å². The summed E-state index contributed by atoms with van der Waals surface area (Å²) in [5.74, 6) is -0.490. The molecule has 1 aromatic carbocycles. The molecule has 16 heavy (non-hydrogen) atoms. The molecule has 1 amide bonds. The molecule has 0 saturated carbocycles. The third-order valence-corrected chi connectivity index (χ3v) is 2.54. The molecular formula is C11H8N4O. The van der Waals surface area contributed by atoms with Crippen LogP contribution in [0.3, 0.4) is 0 Å². The van der Waals surface area contributed by atoms with Crippen molar-refractivity contribution in [2.75, 3.05) is 0 Å². The number of nitrogens with one attached hydrogen (secondary N) is 1. The average molecular weight is 212 g/mol. The molecule has 5 nitrogen and oxygen atoms in total. The molecule has 3 N–H and O–H groups in total. The Morgan fingerprint density at radius 3 is 2.94 bits per heavy atom. The molecule has 0 atom stereocenters. The minimum absolute atomic E-state index is 0.402. The van der Waals surface area contributed by atoms with Gasteiger partial charge in [-0.1, -0.05) is 6.07 Å². The molecule has 78 valence electrons. The highest BCUT2D eigenvalue weighted by Gasteiger charge is 2.13. The van der Waals surface area contributed by atoms with Gasteiger partial charge in [-0.25, -0.2) is 9.97 Å². The normalized spacial score (nSPS) is 11.0. The van der Waals surface area contributed by atoms with Gasteiger partial charge < -0.3 is 10.7 Å². The molecule has 3 rings (SSSR count). The molecule has 0 saturated heterocycles. The second-order valence-electron chi connectivity index (χ2n) is 3.49. The minimum Gasteiger partial charge on any atom is -0.366 e. The standard InChI is InChI=1S/C11H8N4O/c12-11(16)7-4-6-2-1-3-13-8(6)10-9(7)14-5-15-10/h1-5,13H,(H2,12,16). The van der Waals surface area contributed by atoms with Crippen LogP contribution >= 0.6 is 0 Å². The lowest BCUT2D eigenvalue weighted by molar-refractivity contribution is 0.100. The Kier molecular flexibility index (Phi) is 1.67. The van der Waals surface area contributed by atoms with E-state index in [1.807, 2.05) is 12.1 Å². The van der Waals surface area contributed by atoms with Gasteiger partial charge in [0, 0.05) is 11.6 Å². The third-order valence-electron chi connectivity index (χ3n) is 2.54. The molecule has 0 bridgehead atoms. The van der Waals surface area contributed by atoms with Crippen molar-refractivity contribution in [1.29, 1.82) is 0 Å². The van der Waals surface area contributed by atoms with E-state index >= 15 is 0 Å². The van der Waals surface area contributed by atoms with Crippen molar-refractivity contribution < 1.29 is 4.79 Å². The van der Waals surface area contributed by atoms with Crippen LogP contribution < -0.4 is 5.73 Å². The molecule has 0 aliphatic rings. The van der Waals surface area contributed by atoms with E-state index in [9.17, 15) is 4.79 Å². The van der Waals surface area contributed by atoms with Crippen LogP contribution in [-0.2, 0) is 0 Å². The molecule has 2 aromatic heterocycles. The van der Waals surface area contributed by atoms with E-state index in [-0.39, 0.29) is 0 Å². The Morgan fingerprint density at radius 1 is 1.31 bits per heavy atom. The SMILES string of the molecule is NC(=O)c1cc2ccc[nH]c2c2ncnc12. The topological polar surface area (TPSA) is 84.7 Å². The minimum atomic E-state index is -0.490. The predicted octanol–water partition coefficient (Wildman–Crippen LogP) is 1.21. The number of fused-ring (bicyclic) bond motifs is 3. The van der Waals surface area contributed by atoms with Gasteiger partial charge in [-0.15, -0.1) is 0 Å². The van der Waals surface area contributed by atoms with Gasteiger partial charge >= 0.3 is 0 Å². The summed E-state index contributed by atoms with van der Waals surface area (Å²) in [7, 11) is 0. The number of benzene rings is 1. The van der Waals surface area contributed by atoms with Crippen LogP contribution in [0, 0.1) is 0 Å². The van der Waals surface area contributed by atoms with Crippen molar-refractivity contribution in [2.45, 2.75) is 0 Å². The van der Waals surface area contributed by atoms with Crippen LogP contribution in [-0.4, -0.2) is 20.9 Å². The molecule has 0 unspecified atom stereocenters. The van der Waals surface area contributed by atoms with Crippen molar-refractivity contribution in [2.24, 2.45) is 5.73 Å². The number of hydrogen-bond donors (Lipinski definition) is 2. The number of nitrogens with two attached hydrogens (primary N) is 1. The lowest BCUT2D eigenvalue weighted by atomic mass is 10.1. The van der Waals surface area contributed by atoms with E-state index in [1.54, 1.807) is 12.3 Å². The molecule has 2 heterocycles. The van der Waals surface area contributed by atoms with Gasteiger partial charge in [0.1, 0.15) is 17.4 Å². The number of carbonyl (C=O) groups is 1. The number of pyridine rings is 1. The van der Waals surface area contributed by atoms with Gasteiger partial charge in [-0.05, 0) is 12.1 Å². The average Bonchev–Trinajstić information content (AvgIpc) is 2.76. The van der Waals surface area contributed by atoms with Gasteiger partial charge in [-0.3, -0.25) is 4.79 Å². The number of aromatic nitrogens is 3. The molecule has 0 fully saturated rings. The lowest BCUT2D eigenvalue weighted by Crippen LogP contribution is -2.11. The quantitative estimate of drug-likeness (QED) is 0.635. The number of nitrogens with zero attached hydrogens (tertiary/aromatic N) is 2. The fourth-order valence-corrected chi connectivity index (χ4v) is 1.83. The van der Waals surface area contributed by atoms with Crippen LogP contribution in [0.4, 0.5) is 0 Å². The molecule has 0 aliphatic heterocycles. The second kappa shape index (κ2) is 3.03. The second-order valence-corrected chi connectivity index (χ2v) is 3.49. The highest BCUT2D eigenvalue weighted by Crippen LogP contribution is 2.23. The predicted molar refractivity (Wildman–Crippen MR) is 59.9 cm³/mol. The fourth-order valence-electron chi connectivity index (χ4n) is 1.83. The number of amides is 1. The highest BCUT2D eigenvalue weighted by molar-refractivity contribution is 6.12. The lowest BCUT2D eigenvalue weighted by Gasteiger charge is -2.02. The Bertz CT molecular complexity index is 701. The summed E-state index contributed by atoms with van der Waals surface area (Å²) in [6.07, 6.45) is 3.23. The van der Waals surface area contributed by atoms with Gasteiger partial charge in [0.05, 0.1) is 11.1 Å². The largest absolute Gasteiger partial charge is 0.366 e. The van der Waals surface area contributed by atoms with Crippen LogP contribution in [0.2, 0.25) is 0 Å². The molecule has 0 spiro atoms. The summed E-state index contributed by atoms with van der Waals surface area (Å²) in [5.41, 5.74) is 7.79. The maximum absolute atomic E-state index is 11.3. The summed E-state index contributed by atoms with van der Waals surface area (Å²) in [6, 6.07) is 5.48. The first kappa shape index (κ1) is 8.84. The molecular weight excluding hydrogens is 204 g/mol. The summed E-state index contributed by atoms with van der Waals surface area (Å²) in [4.78, 5) is 22.6. The van der Waals surface area contributed by atoms with E-state index < -0.39 is 5.91 Å². The molecule has 0 aliphatic carbocycles. The van der Waals surface area contributed by atoms with E-state index in [1.165, 1.54) is 6.33 Å². The Morgan fingerprint density at radius 2 is 2.12 bits per heavy atom. The first-order valence-corrected chi connectivity index (χ1v) is 4.78. The zero-order chi connectivity index (χ0) is 11.1. The van der Waals surface area contributed by atoms with Crippen LogP contribution in [0.15, 0.2) is 30.7 Å². The molecule has 0 radical (unpaired) electrons. The number of imidazole rings is 1. The number of carbonyl (C=O) groups excluding carboxylic acids is 1. The van der Waals surface area contributed by atoms with Crippen molar-refractivity contribution in [3.8, 4) is 0 Å². The third kappa shape index (κ3) is 1.08. The highest BCUT2D eigenvalue weighted by atomic mass is 16.1. The fraction of sp³-hybridized carbons (Fsp3) is 0. The molecule has 3 aromatic rings. The number of hydrogen-bond acceptors (Lipinski definition) is 3. The molecule has 5 heteroatoms. The van der Waals surface area contributed by atoms with Crippen molar-refractivity contribution in [3.05, 3.63) is 36.3 Å². The summed E-state index contributed by atoms with van der Waals surface area (Å²) >= 11 is 0. The van der Waals surface area contributed by atoms with Gasteiger partial charge in [-0.2, -0.15) is 0 Å². The van der Waals surface area contributed by atoms with E-state index in [0.29, 0.717) is 16.6 Å². The van der Waals surface area contributed by atoms with Crippen molar-refractivity contribution >= 4 is 27.8 Å². The number of primary amides is 1. The number of aromatic amines is 1. The van der Waals surface area contributed by atoms with Gasteiger partial charge in [0.2, 0.25) is 0 Å². The van der Waals surface area contributed by atoms with Crippen LogP contribution in [0.1, 0.15) is 10.4 Å².